The van der Waals surface area contributed by atoms with Gasteiger partial charge in [-0.1, -0.05) is 153 Å². The smallest absolute Gasteiger partial charge is 0.164 e. The number of allylic oxidation sites excluding steroid dienone is 4. The average Bonchev–Trinajstić information content (AvgIpc) is 3.73. The van der Waals surface area contributed by atoms with Gasteiger partial charge in [-0.2, -0.15) is 0 Å². The highest BCUT2D eigenvalue weighted by molar-refractivity contribution is 4.95. The van der Waals surface area contributed by atoms with Gasteiger partial charge in [-0.05, 0) is 104 Å². The summed E-state index contributed by atoms with van der Waals surface area (Å²) >= 11 is 0. The summed E-state index contributed by atoms with van der Waals surface area (Å²) in [5, 5.41) is 0. The fraction of sp³-hybridized carbons (Fsp3) is 0.920. The molecule has 0 radical (unpaired) electrons. The van der Waals surface area contributed by atoms with E-state index in [9.17, 15) is 0 Å². The molecule has 4 rings (SSSR count). The third-order valence-electron chi connectivity index (χ3n) is 12.8. The van der Waals surface area contributed by atoms with Crippen LogP contribution in [0.2, 0.25) is 0 Å². The molecule has 4 fully saturated rings. The molecule has 6 nitrogen and oxygen atoms in total. The molecule has 2 heterocycles. The maximum absolute atomic E-state index is 6.60. The molecule has 0 spiro atoms. The van der Waals surface area contributed by atoms with E-state index in [2.05, 4.69) is 24.3 Å². The summed E-state index contributed by atoms with van der Waals surface area (Å²) in [4.78, 5) is 0. The van der Waals surface area contributed by atoms with Gasteiger partial charge in [0.25, 0.3) is 0 Å². The monoisotopic (exact) mass is 787 g/mol. The van der Waals surface area contributed by atoms with Crippen LogP contribution in [0, 0.1) is 11.8 Å². The molecule has 2 aliphatic carbocycles. The Labute approximate surface area is 346 Å². The molecule has 0 N–H and O–H groups in total. The van der Waals surface area contributed by atoms with Crippen molar-refractivity contribution in [1.29, 1.82) is 0 Å². The zero-order chi connectivity index (χ0) is 39.6. The minimum atomic E-state index is -0.704. The summed E-state index contributed by atoms with van der Waals surface area (Å²) in [6.45, 7) is 10.4. The van der Waals surface area contributed by atoms with E-state index in [-0.39, 0.29) is 24.4 Å². The molecule has 2 saturated heterocycles. The number of unbranched alkanes of at least 4 members (excludes halogenated alkanes) is 18. The van der Waals surface area contributed by atoms with Gasteiger partial charge in [-0.25, -0.2) is 0 Å². The van der Waals surface area contributed by atoms with Crippen LogP contribution in [0.25, 0.3) is 0 Å². The quantitative estimate of drug-likeness (QED) is 0.0515. The Hall–Kier alpha value is -0.760. The summed E-state index contributed by atoms with van der Waals surface area (Å²) in [7, 11) is 0. The van der Waals surface area contributed by atoms with Gasteiger partial charge in [0.1, 0.15) is 24.4 Å². The molecule has 326 valence electrons. The standard InChI is InChI=1S/C50H90O6/c1-49(2)53-42-46(54-49)48-47(55-50(3,4)56-48)45(52-40-32-22-18-14-10-6-8-12-16-20-26-34-44-37-29-24-30-38-44)41-51-39-31-21-17-13-9-5-7-11-15-19-25-33-43-35-27-23-28-36-43/h25-26,33-34,43-48H,5-24,27-32,35-42H2,1-4H3/b33-25+,34-26+/t45-,46-,47-,48-/m1/s1. The predicted octanol–water partition coefficient (Wildman–Crippen LogP) is 14.1. The van der Waals surface area contributed by atoms with Crippen molar-refractivity contribution in [2.45, 2.75) is 256 Å². The van der Waals surface area contributed by atoms with Gasteiger partial charge in [0.15, 0.2) is 11.6 Å². The normalized spacial score (nSPS) is 25.2. The number of hydrogen-bond acceptors (Lipinski definition) is 6. The van der Waals surface area contributed by atoms with Crippen molar-refractivity contribution < 1.29 is 28.4 Å². The topological polar surface area (TPSA) is 55.4 Å². The zero-order valence-electron chi connectivity index (χ0n) is 37.3. The Kier molecular flexibility index (Phi) is 24.5. The fourth-order valence-corrected chi connectivity index (χ4v) is 9.48. The molecule has 0 aromatic heterocycles. The molecular formula is C50H90O6. The van der Waals surface area contributed by atoms with E-state index in [1.165, 1.54) is 180 Å². The highest BCUT2D eigenvalue weighted by Crippen LogP contribution is 2.37. The highest BCUT2D eigenvalue weighted by Gasteiger charge is 2.52. The molecule has 0 aromatic rings. The Balaban J connectivity index is 1.04. The van der Waals surface area contributed by atoms with E-state index in [0.29, 0.717) is 13.2 Å². The minimum absolute atomic E-state index is 0.191. The molecule has 4 aliphatic rings. The van der Waals surface area contributed by atoms with E-state index in [0.717, 1.165) is 37.9 Å². The minimum Gasteiger partial charge on any atom is -0.379 e. The Morgan fingerprint density at radius 2 is 0.982 bits per heavy atom. The first-order valence-corrected chi connectivity index (χ1v) is 24.5. The summed E-state index contributed by atoms with van der Waals surface area (Å²) in [5.41, 5.74) is 0. The molecule has 4 atom stereocenters. The van der Waals surface area contributed by atoms with Crippen LogP contribution >= 0.6 is 0 Å². The molecule has 0 bridgehead atoms. The van der Waals surface area contributed by atoms with Gasteiger partial charge >= 0.3 is 0 Å². The van der Waals surface area contributed by atoms with E-state index in [1.807, 2.05) is 27.7 Å². The SMILES string of the molecule is CC1(C)O[C@H]([C@@H](COCCCCCCCCCCC/C=C/C2CCCCC2)OCCCCCCCCCCC/C=C/C2CCCCC2)[C@@H]([C@H]2COC(C)(C)O2)O1. The second-order valence-electron chi connectivity index (χ2n) is 19.0. The molecule has 2 saturated carbocycles. The zero-order valence-corrected chi connectivity index (χ0v) is 37.3. The molecule has 0 unspecified atom stereocenters. The molecule has 2 aliphatic heterocycles. The highest BCUT2D eigenvalue weighted by atomic mass is 16.8. The van der Waals surface area contributed by atoms with Crippen LogP contribution in [0.1, 0.15) is 220 Å². The molecule has 0 aromatic carbocycles. The van der Waals surface area contributed by atoms with Crippen molar-refractivity contribution in [3.63, 3.8) is 0 Å². The van der Waals surface area contributed by atoms with Gasteiger partial charge < -0.3 is 28.4 Å². The van der Waals surface area contributed by atoms with E-state index in [4.69, 9.17) is 28.4 Å². The maximum Gasteiger partial charge on any atom is 0.164 e. The van der Waals surface area contributed by atoms with Gasteiger partial charge in [0.2, 0.25) is 0 Å². The molecule has 0 amide bonds. The van der Waals surface area contributed by atoms with Crippen molar-refractivity contribution in [3.05, 3.63) is 24.3 Å². The summed E-state index contributed by atoms with van der Waals surface area (Å²) < 4.78 is 38.1. The van der Waals surface area contributed by atoms with Crippen LogP contribution in [-0.4, -0.2) is 62.4 Å². The maximum atomic E-state index is 6.60. The van der Waals surface area contributed by atoms with Gasteiger partial charge in [0, 0.05) is 13.2 Å². The second-order valence-corrected chi connectivity index (χ2v) is 19.0. The number of ether oxygens (including phenoxy) is 6. The van der Waals surface area contributed by atoms with E-state index >= 15 is 0 Å². The van der Waals surface area contributed by atoms with E-state index in [1.54, 1.807) is 0 Å². The number of hydrogen-bond donors (Lipinski definition) is 0. The lowest BCUT2D eigenvalue weighted by Gasteiger charge is -2.29. The van der Waals surface area contributed by atoms with Crippen LogP contribution in [0.4, 0.5) is 0 Å². The van der Waals surface area contributed by atoms with Gasteiger partial charge in [-0.15, -0.1) is 0 Å². The Morgan fingerprint density at radius 1 is 0.518 bits per heavy atom. The third kappa shape index (κ3) is 21.0. The fourth-order valence-electron chi connectivity index (χ4n) is 9.48. The molecule has 56 heavy (non-hydrogen) atoms. The van der Waals surface area contributed by atoms with E-state index < -0.39 is 11.6 Å². The first kappa shape index (κ1) is 47.9. The lowest BCUT2D eigenvalue weighted by atomic mass is 9.89. The van der Waals surface area contributed by atoms with Crippen LogP contribution in [-0.2, 0) is 28.4 Å². The average molecular weight is 787 g/mol. The van der Waals surface area contributed by atoms with Crippen molar-refractivity contribution in [2.24, 2.45) is 11.8 Å². The lowest BCUT2D eigenvalue weighted by Crippen LogP contribution is -2.47. The van der Waals surface area contributed by atoms with Gasteiger partial charge in [0.05, 0.1) is 13.2 Å². The van der Waals surface area contributed by atoms with Crippen LogP contribution in [0.5, 0.6) is 0 Å². The molecular weight excluding hydrogens is 697 g/mol. The number of rotatable bonds is 31. The lowest BCUT2D eigenvalue weighted by molar-refractivity contribution is -0.176. The summed E-state index contributed by atoms with van der Waals surface area (Å²) in [6.07, 6.45) is 49.6. The van der Waals surface area contributed by atoms with Gasteiger partial charge in [-0.3, -0.25) is 0 Å². The second kappa shape index (κ2) is 28.7. The third-order valence-corrected chi connectivity index (χ3v) is 12.8. The van der Waals surface area contributed by atoms with Crippen molar-refractivity contribution in [2.75, 3.05) is 26.4 Å². The first-order valence-electron chi connectivity index (χ1n) is 24.5. The van der Waals surface area contributed by atoms with Crippen LogP contribution in [0.3, 0.4) is 0 Å². The van der Waals surface area contributed by atoms with Crippen LogP contribution in [0.15, 0.2) is 24.3 Å². The molecule has 6 heteroatoms. The Morgan fingerprint density at radius 3 is 1.46 bits per heavy atom. The Bertz CT molecular complexity index is 1010. The van der Waals surface area contributed by atoms with Crippen molar-refractivity contribution >= 4 is 0 Å². The summed E-state index contributed by atoms with van der Waals surface area (Å²) in [5.74, 6) is 0.431. The summed E-state index contributed by atoms with van der Waals surface area (Å²) in [6, 6.07) is 0. The van der Waals surface area contributed by atoms with Crippen molar-refractivity contribution in [1.82, 2.24) is 0 Å². The van der Waals surface area contributed by atoms with Crippen LogP contribution < -0.4 is 0 Å². The predicted molar refractivity (Wildman–Crippen MR) is 233 cm³/mol. The van der Waals surface area contributed by atoms with Crippen molar-refractivity contribution in [3.8, 4) is 0 Å². The largest absolute Gasteiger partial charge is 0.379 e. The first-order chi connectivity index (χ1) is 27.3.